The van der Waals surface area contributed by atoms with Crippen LogP contribution < -0.4 is 5.32 Å². The van der Waals surface area contributed by atoms with E-state index in [0.717, 1.165) is 10.3 Å². The highest BCUT2D eigenvalue weighted by Gasteiger charge is 2.11. The zero-order chi connectivity index (χ0) is 17.8. The summed E-state index contributed by atoms with van der Waals surface area (Å²) >= 11 is 8.47. The van der Waals surface area contributed by atoms with Gasteiger partial charge in [0.2, 0.25) is 5.91 Å². The number of rotatable bonds is 6. The molecular formula is C16H12ClN3O3S2. The Labute approximate surface area is 156 Å². The number of thioether (sulfide) groups is 1. The number of nitrogens with one attached hydrogen (secondary N) is 1. The largest absolute Gasteiger partial charge is 0.351 e. The van der Waals surface area contributed by atoms with E-state index < -0.39 is 4.92 Å². The van der Waals surface area contributed by atoms with Gasteiger partial charge >= 0.3 is 0 Å². The van der Waals surface area contributed by atoms with Crippen molar-refractivity contribution < 1.29 is 9.72 Å². The van der Waals surface area contributed by atoms with E-state index in [0.29, 0.717) is 21.4 Å². The fraction of sp³-hybridized carbons (Fsp3) is 0.125. The van der Waals surface area contributed by atoms with Crippen LogP contribution in [0.3, 0.4) is 0 Å². The van der Waals surface area contributed by atoms with Crippen molar-refractivity contribution in [2.45, 2.75) is 10.9 Å². The van der Waals surface area contributed by atoms with E-state index in [9.17, 15) is 14.9 Å². The second-order valence-electron chi connectivity index (χ2n) is 5.08. The molecule has 1 N–H and O–H groups in total. The molecule has 0 radical (unpaired) electrons. The maximum Gasteiger partial charge on any atom is 0.270 e. The second-order valence-corrected chi connectivity index (χ2v) is 7.77. The molecule has 0 bridgehead atoms. The molecule has 3 rings (SSSR count). The first-order chi connectivity index (χ1) is 12.0. The van der Waals surface area contributed by atoms with Crippen molar-refractivity contribution in [3.63, 3.8) is 0 Å². The Kier molecular flexibility index (Phi) is 5.52. The maximum atomic E-state index is 11.9. The number of nitrogens with zero attached hydrogens (tertiary/aromatic N) is 2. The van der Waals surface area contributed by atoms with E-state index in [1.807, 2.05) is 12.1 Å². The van der Waals surface area contributed by atoms with Gasteiger partial charge in [-0.25, -0.2) is 4.98 Å². The smallest absolute Gasteiger partial charge is 0.270 e. The first kappa shape index (κ1) is 17.7. The van der Waals surface area contributed by atoms with Crippen LogP contribution in [-0.2, 0) is 11.3 Å². The lowest BCUT2D eigenvalue weighted by Crippen LogP contribution is -2.24. The Morgan fingerprint density at radius 1 is 1.28 bits per heavy atom. The molecule has 0 saturated carbocycles. The van der Waals surface area contributed by atoms with Crippen LogP contribution in [0.25, 0.3) is 10.2 Å². The van der Waals surface area contributed by atoms with Gasteiger partial charge in [0.25, 0.3) is 5.69 Å². The van der Waals surface area contributed by atoms with E-state index >= 15 is 0 Å². The summed E-state index contributed by atoms with van der Waals surface area (Å²) in [6, 6.07) is 11.8. The number of halogens is 1. The predicted octanol–water partition coefficient (Wildman–Crippen LogP) is 4.27. The van der Waals surface area contributed by atoms with Crippen molar-refractivity contribution in [3.05, 3.63) is 63.2 Å². The molecule has 128 valence electrons. The molecule has 0 fully saturated rings. The minimum Gasteiger partial charge on any atom is -0.351 e. The van der Waals surface area contributed by atoms with Crippen molar-refractivity contribution in [1.29, 1.82) is 0 Å². The molecule has 3 aromatic rings. The molecular weight excluding hydrogens is 382 g/mol. The maximum absolute atomic E-state index is 11.9. The Balaban J connectivity index is 1.55. The second kappa shape index (κ2) is 7.81. The Morgan fingerprint density at radius 2 is 2.04 bits per heavy atom. The first-order valence-corrected chi connectivity index (χ1v) is 9.38. The number of hydrogen-bond acceptors (Lipinski definition) is 6. The van der Waals surface area contributed by atoms with Gasteiger partial charge in [-0.05, 0) is 23.8 Å². The van der Waals surface area contributed by atoms with E-state index in [1.165, 1.54) is 35.2 Å². The summed E-state index contributed by atoms with van der Waals surface area (Å²) in [6.07, 6.45) is 0. The predicted molar refractivity (Wildman–Crippen MR) is 100 cm³/mol. The fourth-order valence-electron chi connectivity index (χ4n) is 2.05. The number of hydrogen-bond donors (Lipinski definition) is 1. The molecule has 0 atom stereocenters. The summed E-state index contributed by atoms with van der Waals surface area (Å²) in [5.41, 5.74) is 1.70. The molecule has 0 saturated heterocycles. The standard InChI is InChI=1S/C16H12ClN3O3S2/c17-11-3-1-10(2-4-11)8-18-15(21)9-24-16-19-13-6-5-12(20(22)23)7-14(13)25-16/h1-7H,8-9H2,(H,18,21). The summed E-state index contributed by atoms with van der Waals surface area (Å²) in [4.78, 5) is 26.7. The molecule has 1 amide bonds. The minimum atomic E-state index is -0.434. The average Bonchev–Trinajstić information content (AvgIpc) is 3.01. The van der Waals surface area contributed by atoms with Crippen molar-refractivity contribution in [3.8, 4) is 0 Å². The molecule has 0 aliphatic rings. The lowest BCUT2D eigenvalue weighted by molar-refractivity contribution is -0.384. The molecule has 9 heteroatoms. The molecule has 1 heterocycles. The fourth-order valence-corrected chi connectivity index (χ4v) is 4.11. The Morgan fingerprint density at radius 3 is 2.76 bits per heavy atom. The highest BCUT2D eigenvalue weighted by molar-refractivity contribution is 8.01. The number of aromatic nitrogens is 1. The summed E-state index contributed by atoms with van der Waals surface area (Å²) in [5.74, 6) is 0.125. The molecule has 0 aliphatic carbocycles. The lowest BCUT2D eigenvalue weighted by atomic mass is 10.2. The number of nitro benzene ring substituents is 1. The van der Waals surface area contributed by atoms with E-state index in [1.54, 1.807) is 18.2 Å². The van der Waals surface area contributed by atoms with Gasteiger partial charge in [-0.2, -0.15) is 0 Å². The summed E-state index contributed by atoms with van der Waals surface area (Å²) in [6.45, 7) is 0.433. The van der Waals surface area contributed by atoms with E-state index in [4.69, 9.17) is 11.6 Å². The van der Waals surface area contributed by atoms with Crippen LogP contribution in [0, 0.1) is 10.1 Å². The third-order valence-electron chi connectivity index (χ3n) is 3.29. The van der Waals surface area contributed by atoms with E-state index in [2.05, 4.69) is 10.3 Å². The van der Waals surface area contributed by atoms with Gasteiger partial charge in [0, 0.05) is 23.7 Å². The highest BCUT2D eigenvalue weighted by atomic mass is 35.5. The summed E-state index contributed by atoms with van der Waals surface area (Å²) in [7, 11) is 0. The number of non-ortho nitro benzene ring substituents is 1. The molecule has 0 spiro atoms. The zero-order valence-electron chi connectivity index (χ0n) is 12.8. The van der Waals surface area contributed by atoms with Crippen LogP contribution >= 0.6 is 34.7 Å². The third kappa shape index (κ3) is 4.68. The molecule has 25 heavy (non-hydrogen) atoms. The molecule has 2 aromatic carbocycles. The van der Waals surface area contributed by atoms with Crippen molar-refractivity contribution >= 4 is 56.5 Å². The highest BCUT2D eigenvalue weighted by Crippen LogP contribution is 2.31. The molecule has 0 aliphatic heterocycles. The topological polar surface area (TPSA) is 85.1 Å². The van der Waals surface area contributed by atoms with Gasteiger partial charge in [-0.15, -0.1) is 11.3 Å². The Hall–Kier alpha value is -2.16. The van der Waals surface area contributed by atoms with Gasteiger partial charge in [0.1, 0.15) is 0 Å². The molecule has 0 unspecified atom stereocenters. The van der Waals surface area contributed by atoms with Crippen LogP contribution in [0.2, 0.25) is 5.02 Å². The monoisotopic (exact) mass is 393 g/mol. The van der Waals surface area contributed by atoms with Gasteiger partial charge in [-0.3, -0.25) is 14.9 Å². The minimum absolute atomic E-state index is 0.0356. The lowest BCUT2D eigenvalue weighted by Gasteiger charge is -2.04. The van der Waals surface area contributed by atoms with E-state index in [-0.39, 0.29) is 17.3 Å². The van der Waals surface area contributed by atoms with Gasteiger partial charge in [0.05, 0.1) is 20.9 Å². The number of fused-ring (bicyclic) bond motifs is 1. The van der Waals surface area contributed by atoms with Crippen LogP contribution in [0.5, 0.6) is 0 Å². The molecule has 6 nitrogen and oxygen atoms in total. The van der Waals surface area contributed by atoms with Crippen LogP contribution in [0.15, 0.2) is 46.8 Å². The number of carbonyl (C=O) groups is 1. The van der Waals surface area contributed by atoms with Crippen LogP contribution in [0.1, 0.15) is 5.56 Å². The van der Waals surface area contributed by atoms with Crippen molar-refractivity contribution in [1.82, 2.24) is 10.3 Å². The Bertz CT molecular complexity index is 928. The molecule has 1 aromatic heterocycles. The summed E-state index contributed by atoms with van der Waals surface area (Å²) in [5, 5.41) is 14.3. The number of carbonyl (C=O) groups excluding carboxylic acids is 1. The quantitative estimate of drug-likeness (QED) is 0.384. The SMILES string of the molecule is O=C(CSc1nc2ccc([N+](=O)[O-])cc2s1)NCc1ccc(Cl)cc1. The van der Waals surface area contributed by atoms with Gasteiger partial charge in [0.15, 0.2) is 4.34 Å². The number of nitro groups is 1. The number of thiazole rings is 1. The average molecular weight is 394 g/mol. The zero-order valence-corrected chi connectivity index (χ0v) is 15.2. The van der Waals surface area contributed by atoms with Crippen LogP contribution in [-0.4, -0.2) is 21.6 Å². The van der Waals surface area contributed by atoms with Gasteiger partial charge < -0.3 is 5.32 Å². The first-order valence-electron chi connectivity index (χ1n) is 7.20. The van der Waals surface area contributed by atoms with Gasteiger partial charge in [-0.1, -0.05) is 35.5 Å². The number of benzene rings is 2. The van der Waals surface area contributed by atoms with Crippen molar-refractivity contribution in [2.24, 2.45) is 0 Å². The third-order valence-corrected chi connectivity index (χ3v) is 5.71. The number of amides is 1. The van der Waals surface area contributed by atoms with Crippen LogP contribution in [0.4, 0.5) is 5.69 Å². The summed E-state index contributed by atoms with van der Waals surface area (Å²) < 4.78 is 1.44. The normalized spacial score (nSPS) is 10.8. The van der Waals surface area contributed by atoms with Crippen molar-refractivity contribution in [2.75, 3.05) is 5.75 Å².